The Bertz CT molecular complexity index is 771. The second-order valence-electron chi connectivity index (χ2n) is 7.60. The van der Waals surface area contributed by atoms with Gasteiger partial charge in [0.2, 0.25) is 11.9 Å². The fourth-order valence-electron chi connectivity index (χ4n) is 3.52. The van der Waals surface area contributed by atoms with E-state index >= 15 is 0 Å². The lowest BCUT2D eigenvalue weighted by atomic mass is 9.89. The highest BCUT2D eigenvalue weighted by molar-refractivity contribution is 5.36. The van der Waals surface area contributed by atoms with Crippen molar-refractivity contribution in [2.24, 2.45) is 5.73 Å². The van der Waals surface area contributed by atoms with Crippen LogP contribution in [-0.2, 0) is 16.0 Å². The first-order chi connectivity index (χ1) is 15.2. The first kappa shape index (κ1) is 23.3. The molecule has 2 aromatic rings. The molecule has 0 radical (unpaired) electrons. The number of aromatic nitrogens is 3. The zero-order chi connectivity index (χ0) is 21.7. The van der Waals surface area contributed by atoms with Gasteiger partial charge in [0.15, 0.2) is 0 Å². The number of rotatable bonds is 13. The van der Waals surface area contributed by atoms with Crippen molar-refractivity contribution in [3.05, 3.63) is 41.5 Å². The van der Waals surface area contributed by atoms with Gasteiger partial charge in [0, 0.05) is 25.6 Å². The number of nitrogens with two attached hydrogens (primary N) is 1. The maximum Gasteiger partial charge on any atom is 0.228 e. The molecule has 8 nitrogen and oxygen atoms in total. The summed E-state index contributed by atoms with van der Waals surface area (Å²) >= 11 is 0. The third-order valence-corrected chi connectivity index (χ3v) is 5.15. The van der Waals surface area contributed by atoms with Crippen LogP contribution in [0.15, 0.2) is 24.3 Å². The summed E-state index contributed by atoms with van der Waals surface area (Å²) in [6.07, 6.45) is 5.89. The van der Waals surface area contributed by atoms with Gasteiger partial charge in [-0.25, -0.2) is 4.39 Å². The summed E-state index contributed by atoms with van der Waals surface area (Å²) in [5, 5.41) is 6.48. The zero-order valence-corrected chi connectivity index (χ0v) is 18.0. The molecule has 1 saturated carbocycles. The van der Waals surface area contributed by atoms with Gasteiger partial charge in [-0.15, -0.1) is 0 Å². The second-order valence-corrected chi connectivity index (χ2v) is 7.60. The summed E-state index contributed by atoms with van der Waals surface area (Å²) < 4.78 is 24.0. The minimum absolute atomic E-state index is 0.247. The molecule has 31 heavy (non-hydrogen) atoms. The standard InChI is InChI=1S/C22H33FN6O2/c23-19-8-6-17(7-9-19)16-26-22-28-20(18-4-2-1-3-5-18)27-21(29-22)25-11-13-31-15-14-30-12-10-24/h6-9,18H,1-5,10-16,24H2,(H2,25,26,27,28,29). The normalized spacial score (nSPS) is 14.5. The molecule has 0 spiro atoms. The van der Waals surface area contributed by atoms with Crippen molar-refractivity contribution in [1.29, 1.82) is 0 Å². The molecule has 1 aliphatic carbocycles. The van der Waals surface area contributed by atoms with Crippen LogP contribution in [0.5, 0.6) is 0 Å². The van der Waals surface area contributed by atoms with E-state index in [4.69, 9.17) is 15.2 Å². The fourth-order valence-corrected chi connectivity index (χ4v) is 3.52. The van der Waals surface area contributed by atoms with Crippen molar-refractivity contribution in [2.75, 3.05) is 50.2 Å². The van der Waals surface area contributed by atoms with E-state index in [1.165, 1.54) is 31.4 Å². The van der Waals surface area contributed by atoms with Crippen LogP contribution in [0, 0.1) is 5.82 Å². The van der Waals surface area contributed by atoms with Gasteiger partial charge in [-0.05, 0) is 30.5 Å². The predicted molar refractivity (Wildman–Crippen MR) is 119 cm³/mol. The van der Waals surface area contributed by atoms with Gasteiger partial charge < -0.3 is 25.8 Å². The monoisotopic (exact) mass is 432 g/mol. The largest absolute Gasteiger partial charge is 0.378 e. The molecule has 1 aromatic heterocycles. The SMILES string of the molecule is NCCOCCOCCNc1nc(NCc2ccc(F)cc2)nc(C2CCCCC2)n1. The Hall–Kier alpha value is -2.36. The van der Waals surface area contributed by atoms with Gasteiger partial charge in [0.05, 0.1) is 26.4 Å². The Labute approximate surface area is 183 Å². The smallest absolute Gasteiger partial charge is 0.228 e. The highest BCUT2D eigenvalue weighted by Crippen LogP contribution is 2.31. The van der Waals surface area contributed by atoms with Gasteiger partial charge in [0.1, 0.15) is 11.6 Å². The summed E-state index contributed by atoms with van der Waals surface area (Å²) in [7, 11) is 0. The second kappa shape index (κ2) is 13.1. The molecule has 1 aromatic carbocycles. The Morgan fingerprint density at radius 3 is 2.26 bits per heavy atom. The molecule has 1 fully saturated rings. The van der Waals surface area contributed by atoms with E-state index in [0.717, 1.165) is 24.2 Å². The lowest BCUT2D eigenvalue weighted by Crippen LogP contribution is -2.18. The van der Waals surface area contributed by atoms with Crippen LogP contribution in [0.1, 0.15) is 49.4 Å². The highest BCUT2D eigenvalue weighted by atomic mass is 19.1. The van der Waals surface area contributed by atoms with Crippen LogP contribution < -0.4 is 16.4 Å². The molecule has 1 heterocycles. The van der Waals surface area contributed by atoms with Crippen molar-refractivity contribution >= 4 is 11.9 Å². The summed E-state index contributed by atoms with van der Waals surface area (Å²) in [6.45, 7) is 3.74. The highest BCUT2D eigenvalue weighted by Gasteiger charge is 2.20. The Balaban J connectivity index is 1.56. The maximum absolute atomic E-state index is 13.1. The third-order valence-electron chi connectivity index (χ3n) is 5.15. The van der Waals surface area contributed by atoms with E-state index in [-0.39, 0.29) is 5.82 Å². The molecular weight excluding hydrogens is 399 g/mol. The number of anilines is 2. The molecule has 0 aliphatic heterocycles. The Morgan fingerprint density at radius 1 is 0.871 bits per heavy atom. The molecule has 3 rings (SSSR count). The number of halogens is 1. The average Bonchev–Trinajstić information content (AvgIpc) is 2.81. The van der Waals surface area contributed by atoms with Crippen molar-refractivity contribution in [3.63, 3.8) is 0 Å². The van der Waals surface area contributed by atoms with Crippen LogP contribution in [-0.4, -0.2) is 54.5 Å². The fraction of sp³-hybridized carbons (Fsp3) is 0.591. The topological polar surface area (TPSA) is 107 Å². The molecular formula is C22H33FN6O2. The molecule has 0 bridgehead atoms. The number of hydrogen-bond donors (Lipinski definition) is 3. The van der Waals surface area contributed by atoms with Gasteiger partial charge in [-0.2, -0.15) is 15.0 Å². The third kappa shape index (κ3) is 8.35. The summed E-state index contributed by atoms with van der Waals surface area (Å²) in [5.41, 5.74) is 6.34. The number of nitrogens with zero attached hydrogens (tertiary/aromatic N) is 3. The number of ether oxygens (including phenoxy) is 2. The lowest BCUT2D eigenvalue weighted by Gasteiger charge is -2.21. The number of hydrogen-bond acceptors (Lipinski definition) is 8. The maximum atomic E-state index is 13.1. The molecule has 0 atom stereocenters. The zero-order valence-electron chi connectivity index (χ0n) is 18.0. The first-order valence-corrected chi connectivity index (χ1v) is 11.1. The predicted octanol–water partition coefficient (Wildman–Crippen LogP) is 3.07. The summed E-state index contributed by atoms with van der Waals surface area (Å²) in [6, 6.07) is 6.40. The van der Waals surface area contributed by atoms with Gasteiger partial charge in [0.25, 0.3) is 0 Å². The van der Waals surface area contributed by atoms with Gasteiger partial charge >= 0.3 is 0 Å². The van der Waals surface area contributed by atoms with Crippen LogP contribution >= 0.6 is 0 Å². The molecule has 170 valence electrons. The molecule has 0 saturated heterocycles. The van der Waals surface area contributed by atoms with Crippen molar-refractivity contribution in [3.8, 4) is 0 Å². The molecule has 1 aliphatic rings. The minimum atomic E-state index is -0.247. The van der Waals surface area contributed by atoms with Crippen molar-refractivity contribution in [1.82, 2.24) is 15.0 Å². The molecule has 0 amide bonds. The molecule has 0 unspecified atom stereocenters. The van der Waals surface area contributed by atoms with E-state index in [0.29, 0.717) is 63.9 Å². The molecule has 4 N–H and O–H groups in total. The van der Waals surface area contributed by atoms with E-state index in [9.17, 15) is 4.39 Å². The number of nitrogens with one attached hydrogen (secondary N) is 2. The van der Waals surface area contributed by atoms with Gasteiger partial charge in [-0.3, -0.25) is 0 Å². The minimum Gasteiger partial charge on any atom is -0.378 e. The average molecular weight is 433 g/mol. The quantitative estimate of drug-likeness (QED) is 0.415. The summed E-state index contributed by atoms with van der Waals surface area (Å²) in [4.78, 5) is 13.8. The van der Waals surface area contributed by atoms with Crippen LogP contribution in [0.25, 0.3) is 0 Å². The van der Waals surface area contributed by atoms with Crippen LogP contribution in [0.3, 0.4) is 0 Å². The van der Waals surface area contributed by atoms with E-state index in [1.807, 2.05) is 0 Å². The van der Waals surface area contributed by atoms with Gasteiger partial charge in [-0.1, -0.05) is 31.4 Å². The van der Waals surface area contributed by atoms with Crippen molar-refractivity contribution in [2.45, 2.75) is 44.6 Å². The Kier molecular flexibility index (Phi) is 9.88. The van der Waals surface area contributed by atoms with Crippen molar-refractivity contribution < 1.29 is 13.9 Å². The lowest BCUT2D eigenvalue weighted by molar-refractivity contribution is 0.0547. The molecule has 9 heteroatoms. The summed E-state index contributed by atoms with van der Waals surface area (Å²) in [5.74, 6) is 2.01. The van der Waals surface area contributed by atoms with Crippen LogP contribution in [0.2, 0.25) is 0 Å². The van der Waals surface area contributed by atoms with E-state index in [2.05, 4.69) is 25.6 Å². The Morgan fingerprint density at radius 2 is 1.55 bits per heavy atom. The number of benzene rings is 1. The first-order valence-electron chi connectivity index (χ1n) is 11.1. The van der Waals surface area contributed by atoms with E-state index in [1.54, 1.807) is 12.1 Å². The van der Waals surface area contributed by atoms with E-state index < -0.39 is 0 Å². The van der Waals surface area contributed by atoms with Crippen LogP contribution in [0.4, 0.5) is 16.3 Å².